The van der Waals surface area contributed by atoms with Crippen LogP contribution >= 0.6 is 0 Å². The molecule has 0 radical (unpaired) electrons. The molecule has 0 bridgehead atoms. The Morgan fingerprint density at radius 1 is 1.06 bits per heavy atom. The minimum Gasteiger partial charge on any atom is -0.383 e. The van der Waals surface area contributed by atoms with Gasteiger partial charge in [-0.2, -0.15) is 0 Å². The third-order valence-corrected chi connectivity index (χ3v) is 4.94. The third-order valence-electron chi connectivity index (χ3n) is 4.94. The summed E-state index contributed by atoms with van der Waals surface area (Å²) in [5.74, 6) is 4.22. The number of nitrogen functional groups attached to an aromatic ring is 1. The van der Waals surface area contributed by atoms with E-state index in [0.29, 0.717) is 22.2 Å². The van der Waals surface area contributed by atoms with E-state index in [9.17, 15) is 13.6 Å². The van der Waals surface area contributed by atoms with E-state index in [1.54, 1.807) is 12.3 Å². The van der Waals surface area contributed by atoms with Crippen molar-refractivity contribution < 1.29 is 13.6 Å². The summed E-state index contributed by atoms with van der Waals surface area (Å²) in [4.78, 5) is 29.7. The highest BCUT2D eigenvalue weighted by Crippen LogP contribution is 2.20. The molecule has 7 nitrogen and oxygen atoms in total. The number of rotatable bonds is 3. The zero-order valence-corrected chi connectivity index (χ0v) is 17.8. The van der Waals surface area contributed by atoms with Crippen LogP contribution in [0.1, 0.15) is 38.4 Å². The van der Waals surface area contributed by atoms with Crippen LogP contribution in [0.5, 0.6) is 0 Å². The van der Waals surface area contributed by atoms with E-state index in [4.69, 9.17) is 5.73 Å². The summed E-state index contributed by atoms with van der Waals surface area (Å²) >= 11 is 0. The lowest BCUT2D eigenvalue weighted by Crippen LogP contribution is -2.23. The summed E-state index contributed by atoms with van der Waals surface area (Å²) in [5.41, 5.74) is 9.99. The maximum Gasteiger partial charge on any atom is 0.253 e. The number of nitrogens with one attached hydrogen (secondary N) is 1. The first-order valence-corrected chi connectivity index (χ1v) is 9.90. The van der Waals surface area contributed by atoms with E-state index in [-0.39, 0.29) is 23.5 Å². The van der Waals surface area contributed by atoms with E-state index < -0.39 is 17.5 Å². The van der Waals surface area contributed by atoms with Crippen molar-refractivity contribution in [2.45, 2.75) is 20.4 Å². The Hall–Kier alpha value is -4.45. The Morgan fingerprint density at radius 2 is 1.85 bits per heavy atom. The highest BCUT2D eigenvalue weighted by Gasteiger charge is 2.11. The molecule has 0 saturated heterocycles. The number of benzene rings is 1. The standard InChI is InChI=1S/C24H18F2N6O/c1-13-14(2)32-22-19(23(27)29-12-21(22)31-13)6-3-15-7-17(10-28-9-15)24(33)30-11-16-4-5-18(25)8-20(16)26/h4-5,7-10,12H,11H2,1-2H3,(H2,27,29)(H,30,33). The smallest absolute Gasteiger partial charge is 0.253 e. The molecule has 4 aromatic rings. The molecule has 164 valence electrons. The Balaban J connectivity index is 1.58. The number of amides is 1. The lowest BCUT2D eigenvalue weighted by Gasteiger charge is -2.07. The van der Waals surface area contributed by atoms with Gasteiger partial charge in [0.1, 0.15) is 28.5 Å². The van der Waals surface area contributed by atoms with Crippen LogP contribution in [0.3, 0.4) is 0 Å². The van der Waals surface area contributed by atoms with Gasteiger partial charge in [-0.3, -0.25) is 9.78 Å². The van der Waals surface area contributed by atoms with Crippen LogP contribution in [-0.2, 0) is 6.54 Å². The molecule has 1 aromatic carbocycles. The second-order valence-electron chi connectivity index (χ2n) is 7.28. The van der Waals surface area contributed by atoms with Crippen molar-refractivity contribution in [2.24, 2.45) is 0 Å². The molecule has 33 heavy (non-hydrogen) atoms. The maximum absolute atomic E-state index is 13.8. The number of anilines is 1. The molecule has 0 aliphatic carbocycles. The average Bonchev–Trinajstić information content (AvgIpc) is 2.79. The quantitative estimate of drug-likeness (QED) is 0.470. The fraction of sp³-hybridized carbons (Fsp3) is 0.125. The second-order valence-corrected chi connectivity index (χ2v) is 7.28. The normalized spacial score (nSPS) is 10.5. The molecule has 0 atom stereocenters. The number of pyridine rings is 2. The first kappa shape index (κ1) is 21.8. The minimum absolute atomic E-state index is 0.101. The Kier molecular flexibility index (Phi) is 5.91. The largest absolute Gasteiger partial charge is 0.383 e. The maximum atomic E-state index is 13.8. The Bertz CT molecular complexity index is 1460. The first-order chi connectivity index (χ1) is 15.8. The van der Waals surface area contributed by atoms with Crippen molar-refractivity contribution in [2.75, 3.05) is 5.73 Å². The summed E-state index contributed by atoms with van der Waals surface area (Å²) in [5, 5.41) is 2.58. The van der Waals surface area contributed by atoms with Crippen molar-refractivity contribution >= 4 is 22.8 Å². The predicted octanol–water partition coefficient (Wildman–Crippen LogP) is 3.23. The van der Waals surface area contributed by atoms with Gasteiger partial charge in [0.05, 0.1) is 28.7 Å². The number of halogens is 2. The molecule has 0 saturated carbocycles. The fourth-order valence-electron chi connectivity index (χ4n) is 3.04. The molecule has 0 aliphatic heterocycles. The van der Waals surface area contributed by atoms with Gasteiger partial charge in [-0.25, -0.2) is 23.7 Å². The summed E-state index contributed by atoms with van der Waals surface area (Å²) in [6, 6.07) is 4.72. The molecular weight excluding hydrogens is 426 g/mol. The molecule has 0 spiro atoms. The summed E-state index contributed by atoms with van der Waals surface area (Å²) in [6.07, 6.45) is 4.41. The van der Waals surface area contributed by atoms with Gasteiger partial charge in [0.2, 0.25) is 0 Å². The first-order valence-electron chi connectivity index (χ1n) is 9.90. The van der Waals surface area contributed by atoms with Gasteiger partial charge < -0.3 is 11.1 Å². The third kappa shape index (κ3) is 4.75. The van der Waals surface area contributed by atoms with Crippen molar-refractivity contribution in [3.8, 4) is 11.8 Å². The number of aryl methyl sites for hydroxylation is 2. The SMILES string of the molecule is Cc1nc2cnc(N)c(C#Cc3cncc(C(=O)NCc4ccc(F)cc4F)c3)c2nc1C. The predicted molar refractivity (Wildman–Crippen MR) is 119 cm³/mol. The number of aromatic nitrogens is 4. The molecule has 3 aromatic heterocycles. The number of nitrogens with two attached hydrogens (primary N) is 1. The van der Waals surface area contributed by atoms with Gasteiger partial charge in [-0.15, -0.1) is 0 Å². The number of fused-ring (bicyclic) bond motifs is 1. The van der Waals surface area contributed by atoms with Crippen molar-refractivity contribution in [1.82, 2.24) is 25.3 Å². The molecule has 4 rings (SSSR count). The van der Waals surface area contributed by atoms with Gasteiger partial charge in [0, 0.05) is 36.1 Å². The van der Waals surface area contributed by atoms with Crippen LogP contribution in [0.4, 0.5) is 14.6 Å². The van der Waals surface area contributed by atoms with Gasteiger partial charge in [0.15, 0.2) is 0 Å². The Labute approximate surface area is 188 Å². The van der Waals surface area contributed by atoms with E-state index in [0.717, 1.165) is 23.5 Å². The highest BCUT2D eigenvalue weighted by molar-refractivity contribution is 5.94. The lowest BCUT2D eigenvalue weighted by atomic mass is 10.1. The molecule has 9 heteroatoms. The number of carbonyl (C=O) groups excluding carboxylic acids is 1. The van der Waals surface area contributed by atoms with E-state index in [1.807, 2.05) is 13.8 Å². The number of carbonyl (C=O) groups is 1. The molecule has 0 unspecified atom stereocenters. The van der Waals surface area contributed by atoms with Crippen molar-refractivity contribution in [3.63, 3.8) is 0 Å². The van der Waals surface area contributed by atoms with Crippen LogP contribution < -0.4 is 11.1 Å². The van der Waals surface area contributed by atoms with Crippen LogP contribution in [0.25, 0.3) is 11.0 Å². The molecule has 0 aliphatic rings. The summed E-state index contributed by atoms with van der Waals surface area (Å²) in [6.45, 7) is 3.60. The number of hydrogen-bond donors (Lipinski definition) is 2. The summed E-state index contributed by atoms with van der Waals surface area (Å²) < 4.78 is 26.8. The van der Waals surface area contributed by atoms with Crippen LogP contribution in [0.2, 0.25) is 0 Å². The minimum atomic E-state index is -0.733. The van der Waals surface area contributed by atoms with E-state index in [1.165, 1.54) is 18.5 Å². The molecular formula is C24H18F2N6O. The molecule has 3 N–H and O–H groups in total. The van der Waals surface area contributed by atoms with Gasteiger partial charge in [-0.1, -0.05) is 17.9 Å². The van der Waals surface area contributed by atoms with Crippen LogP contribution in [-0.4, -0.2) is 25.8 Å². The van der Waals surface area contributed by atoms with Crippen LogP contribution in [0.15, 0.2) is 42.9 Å². The molecule has 3 heterocycles. The molecule has 1 amide bonds. The van der Waals surface area contributed by atoms with E-state index in [2.05, 4.69) is 37.1 Å². The number of hydrogen-bond acceptors (Lipinski definition) is 6. The van der Waals surface area contributed by atoms with Crippen molar-refractivity contribution in [3.05, 3.63) is 88.1 Å². The molecule has 0 fully saturated rings. The lowest BCUT2D eigenvalue weighted by molar-refractivity contribution is 0.0950. The monoisotopic (exact) mass is 444 g/mol. The Morgan fingerprint density at radius 3 is 2.64 bits per heavy atom. The topological polar surface area (TPSA) is 107 Å². The highest BCUT2D eigenvalue weighted by atomic mass is 19.1. The van der Waals surface area contributed by atoms with Gasteiger partial charge >= 0.3 is 0 Å². The summed E-state index contributed by atoms with van der Waals surface area (Å²) in [7, 11) is 0. The van der Waals surface area contributed by atoms with Gasteiger partial charge in [-0.05, 0) is 26.0 Å². The number of nitrogens with zero attached hydrogens (tertiary/aromatic N) is 4. The zero-order valence-electron chi connectivity index (χ0n) is 17.8. The van der Waals surface area contributed by atoms with Crippen LogP contribution in [0, 0.1) is 37.3 Å². The van der Waals surface area contributed by atoms with Gasteiger partial charge in [0.25, 0.3) is 5.91 Å². The average molecular weight is 444 g/mol. The fourth-order valence-corrected chi connectivity index (χ4v) is 3.04. The van der Waals surface area contributed by atoms with Crippen molar-refractivity contribution in [1.29, 1.82) is 0 Å². The second kappa shape index (κ2) is 8.96. The zero-order chi connectivity index (χ0) is 23.5. The van der Waals surface area contributed by atoms with E-state index >= 15 is 0 Å².